The number of benzene rings is 1. The fraction of sp³-hybridized carbons (Fsp3) is 0.571. The van der Waals surface area contributed by atoms with Gasteiger partial charge in [-0.25, -0.2) is 17.5 Å². The van der Waals surface area contributed by atoms with Crippen molar-refractivity contribution in [1.82, 2.24) is 4.72 Å². The maximum Gasteiger partial charge on any atom is 0.243 e. The van der Waals surface area contributed by atoms with Crippen molar-refractivity contribution in [3.05, 3.63) is 23.5 Å². The number of sulfonamides is 1. The summed E-state index contributed by atoms with van der Waals surface area (Å²) in [6.07, 6.45) is 1.54. The molecule has 0 atom stereocenters. The predicted octanol–water partition coefficient (Wildman–Crippen LogP) is 1.81. The third-order valence-electron chi connectivity index (χ3n) is 4.00. The van der Waals surface area contributed by atoms with Crippen LogP contribution in [0.2, 0.25) is 0 Å². The Hall–Kier alpha value is -1.18. The van der Waals surface area contributed by atoms with E-state index in [0.717, 1.165) is 18.9 Å². The SMILES string of the molecule is Cc1cc(F)c(S(=O)(=O)NCC2(C)CCOCC2)cc1N. The summed E-state index contributed by atoms with van der Waals surface area (Å²) in [5.41, 5.74) is 6.28. The summed E-state index contributed by atoms with van der Waals surface area (Å²) in [4.78, 5) is -0.402. The molecule has 1 aliphatic heterocycles. The highest BCUT2D eigenvalue weighted by Crippen LogP contribution is 2.29. The van der Waals surface area contributed by atoms with Crippen LogP contribution in [0.15, 0.2) is 17.0 Å². The molecule has 0 unspecified atom stereocenters. The molecule has 3 N–H and O–H groups in total. The summed E-state index contributed by atoms with van der Waals surface area (Å²) in [5, 5.41) is 0. The van der Waals surface area contributed by atoms with Gasteiger partial charge in [0.2, 0.25) is 10.0 Å². The van der Waals surface area contributed by atoms with E-state index in [4.69, 9.17) is 10.5 Å². The predicted molar refractivity (Wildman–Crippen MR) is 78.9 cm³/mol. The Morgan fingerprint density at radius 2 is 2.00 bits per heavy atom. The molecule has 0 bridgehead atoms. The first-order chi connectivity index (χ1) is 9.73. The maximum atomic E-state index is 13.9. The van der Waals surface area contributed by atoms with E-state index in [2.05, 4.69) is 4.72 Å². The number of hydrogen-bond donors (Lipinski definition) is 2. The van der Waals surface area contributed by atoms with Crippen molar-refractivity contribution in [2.45, 2.75) is 31.6 Å². The number of hydrogen-bond acceptors (Lipinski definition) is 4. The summed E-state index contributed by atoms with van der Waals surface area (Å²) in [6, 6.07) is 2.30. The van der Waals surface area contributed by atoms with Crippen LogP contribution >= 0.6 is 0 Å². The number of rotatable bonds is 4. The Morgan fingerprint density at radius 3 is 2.62 bits per heavy atom. The van der Waals surface area contributed by atoms with Crippen molar-refractivity contribution < 1.29 is 17.5 Å². The second-order valence-electron chi connectivity index (χ2n) is 5.89. The van der Waals surface area contributed by atoms with E-state index in [0.29, 0.717) is 18.8 Å². The lowest BCUT2D eigenvalue weighted by Gasteiger charge is -2.33. The molecule has 21 heavy (non-hydrogen) atoms. The van der Waals surface area contributed by atoms with Gasteiger partial charge in [-0.05, 0) is 42.9 Å². The van der Waals surface area contributed by atoms with Gasteiger partial charge >= 0.3 is 0 Å². The van der Waals surface area contributed by atoms with E-state index >= 15 is 0 Å². The van der Waals surface area contributed by atoms with Gasteiger partial charge in [-0.1, -0.05) is 6.92 Å². The number of anilines is 1. The summed E-state index contributed by atoms with van der Waals surface area (Å²) in [5.74, 6) is -0.786. The third kappa shape index (κ3) is 3.72. The standard InChI is InChI=1S/C14H21FN2O3S/c1-10-7-11(15)13(8-12(10)16)21(18,19)17-9-14(2)3-5-20-6-4-14/h7-8,17H,3-6,9,16H2,1-2H3. The fourth-order valence-corrected chi connectivity index (χ4v) is 3.55. The molecule has 0 radical (unpaired) electrons. The van der Waals surface area contributed by atoms with Crippen molar-refractivity contribution in [3.8, 4) is 0 Å². The molecule has 5 nitrogen and oxygen atoms in total. The number of halogens is 1. The van der Waals surface area contributed by atoms with Crippen LogP contribution < -0.4 is 10.5 Å². The van der Waals surface area contributed by atoms with Crippen LogP contribution in [-0.2, 0) is 14.8 Å². The minimum absolute atomic E-state index is 0.169. The first kappa shape index (κ1) is 16.2. The van der Waals surface area contributed by atoms with Crippen LogP contribution in [0.1, 0.15) is 25.3 Å². The van der Waals surface area contributed by atoms with Crippen LogP contribution in [0.4, 0.5) is 10.1 Å². The van der Waals surface area contributed by atoms with Crippen molar-refractivity contribution in [1.29, 1.82) is 0 Å². The molecule has 1 aromatic rings. The topological polar surface area (TPSA) is 81.4 Å². The monoisotopic (exact) mass is 316 g/mol. The zero-order valence-corrected chi connectivity index (χ0v) is 13.1. The van der Waals surface area contributed by atoms with Gasteiger partial charge in [0.25, 0.3) is 0 Å². The van der Waals surface area contributed by atoms with Crippen LogP contribution in [0.5, 0.6) is 0 Å². The lowest BCUT2D eigenvalue weighted by atomic mass is 9.83. The Kier molecular flexibility index (Phi) is 4.55. The molecular weight excluding hydrogens is 295 g/mol. The molecule has 0 amide bonds. The quantitative estimate of drug-likeness (QED) is 0.830. The molecule has 0 aliphatic carbocycles. The Balaban J connectivity index is 2.17. The van der Waals surface area contributed by atoms with E-state index in [1.54, 1.807) is 6.92 Å². The largest absolute Gasteiger partial charge is 0.398 e. The van der Waals surface area contributed by atoms with Gasteiger partial charge in [-0.2, -0.15) is 0 Å². The minimum atomic E-state index is -3.91. The van der Waals surface area contributed by atoms with E-state index < -0.39 is 20.7 Å². The minimum Gasteiger partial charge on any atom is -0.398 e. The molecule has 1 fully saturated rings. The van der Waals surface area contributed by atoms with E-state index in [1.165, 1.54) is 6.07 Å². The molecule has 2 rings (SSSR count). The highest BCUT2D eigenvalue weighted by molar-refractivity contribution is 7.89. The molecule has 1 aliphatic rings. The van der Waals surface area contributed by atoms with Gasteiger partial charge in [0, 0.05) is 25.4 Å². The molecule has 0 spiro atoms. The van der Waals surface area contributed by atoms with Gasteiger partial charge < -0.3 is 10.5 Å². The lowest BCUT2D eigenvalue weighted by Crippen LogP contribution is -2.39. The summed E-state index contributed by atoms with van der Waals surface area (Å²) >= 11 is 0. The molecule has 0 aromatic heterocycles. The molecule has 118 valence electrons. The Bertz CT molecular complexity index is 625. The van der Waals surface area contributed by atoms with Crippen molar-refractivity contribution >= 4 is 15.7 Å². The van der Waals surface area contributed by atoms with Gasteiger partial charge in [-0.15, -0.1) is 0 Å². The smallest absolute Gasteiger partial charge is 0.243 e. The molecule has 7 heteroatoms. The summed E-state index contributed by atoms with van der Waals surface area (Å²) in [7, 11) is -3.91. The number of aryl methyl sites for hydroxylation is 1. The second-order valence-corrected chi connectivity index (χ2v) is 7.62. The number of nitrogen functional groups attached to an aromatic ring is 1. The lowest BCUT2D eigenvalue weighted by molar-refractivity contribution is 0.0264. The van der Waals surface area contributed by atoms with Gasteiger partial charge in [0.15, 0.2) is 0 Å². The highest BCUT2D eigenvalue weighted by Gasteiger charge is 2.30. The van der Waals surface area contributed by atoms with Crippen molar-refractivity contribution in [3.63, 3.8) is 0 Å². The van der Waals surface area contributed by atoms with Gasteiger partial charge in [0.1, 0.15) is 10.7 Å². The zero-order valence-electron chi connectivity index (χ0n) is 12.3. The second kappa shape index (κ2) is 5.90. The van der Waals surface area contributed by atoms with E-state index in [1.807, 2.05) is 6.92 Å². The third-order valence-corrected chi connectivity index (χ3v) is 5.42. The molecule has 1 heterocycles. The summed E-state index contributed by atoms with van der Waals surface area (Å²) < 4.78 is 46.2. The number of ether oxygens (including phenoxy) is 1. The Morgan fingerprint density at radius 1 is 1.38 bits per heavy atom. The average Bonchev–Trinajstić information content (AvgIpc) is 2.42. The van der Waals surface area contributed by atoms with Gasteiger partial charge in [-0.3, -0.25) is 0 Å². The fourth-order valence-electron chi connectivity index (χ4n) is 2.26. The van der Waals surface area contributed by atoms with E-state index in [-0.39, 0.29) is 17.6 Å². The average molecular weight is 316 g/mol. The number of nitrogens with two attached hydrogens (primary N) is 1. The first-order valence-electron chi connectivity index (χ1n) is 6.87. The van der Waals surface area contributed by atoms with Crippen LogP contribution in [0.25, 0.3) is 0 Å². The van der Waals surface area contributed by atoms with Crippen molar-refractivity contribution in [2.24, 2.45) is 5.41 Å². The van der Waals surface area contributed by atoms with Crippen LogP contribution in [0.3, 0.4) is 0 Å². The molecule has 0 saturated carbocycles. The zero-order chi connectivity index (χ0) is 15.7. The Labute approximate surface area is 124 Å². The molecule has 1 aromatic carbocycles. The number of nitrogens with one attached hydrogen (secondary N) is 1. The molecular formula is C14H21FN2O3S. The van der Waals surface area contributed by atoms with E-state index in [9.17, 15) is 12.8 Å². The maximum absolute atomic E-state index is 13.9. The summed E-state index contributed by atoms with van der Waals surface area (Å²) in [6.45, 7) is 5.11. The first-order valence-corrected chi connectivity index (χ1v) is 8.35. The molecule has 1 saturated heterocycles. The van der Waals surface area contributed by atoms with Crippen LogP contribution in [-0.4, -0.2) is 28.2 Å². The van der Waals surface area contributed by atoms with Crippen molar-refractivity contribution in [2.75, 3.05) is 25.5 Å². The van der Waals surface area contributed by atoms with Gasteiger partial charge in [0.05, 0.1) is 0 Å². The highest BCUT2D eigenvalue weighted by atomic mass is 32.2. The van der Waals surface area contributed by atoms with Crippen LogP contribution in [0, 0.1) is 18.2 Å². The normalized spacial score (nSPS) is 18.6.